The second-order valence-corrected chi connectivity index (χ2v) is 10.8. The van der Waals surface area contributed by atoms with E-state index in [9.17, 15) is 18.0 Å². The van der Waals surface area contributed by atoms with Crippen LogP contribution in [0.1, 0.15) is 42.9 Å². The number of hydrogen-bond donors (Lipinski definition) is 2. The van der Waals surface area contributed by atoms with Crippen LogP contribution in [-0.4, -0.2) is 50.1 Å². The van der Waals surface area contributed by atoms with Gasteiger partial charge in [-0.25, -0.2) is 4.79 Å². The molecule has 3 aromatic rings. The third-order valence-corrected chi connectivity index (χ3v) is 7.10. The quantitative estimate of drug-likeness (QED) is 0.470. The average Bonchev–Trinajstić information content (AvgIpc) is 3.26. The van der Waals surface area contributed by atoms with E-state index in [1.165, 1.54) is 0 Å². The Morgan fingerprint density at radius 3 is 2.68 bits per heavy atom. The van der Waals surface area contributed by atoms with Crippen LogP contribution in [0.2, 0.25) is 0 Å². The maximum Gasteiger partial charge on any atom is 0.417 e. The molecule has 34 heavy (non-hydrogen) atoms. The van der Waals surface area contributed by atoms with Gasteiger partial charge < -0.3 is 18.8 Å². The second-order valence-electron chi connectivity index (χ2n) is 9.20. The Balaban J connectivity index is 1.42. The molecular formula is C24H27N3O6S. The van der Waals surface area contributed by atoms with Gasteiger partial charge in [-0.2, -0.15) is 8.42 Å². The number of carbonyl (C=O) groups excluding carboxylic acids is 1. The molecule has 180 valence electrons. The third kappa shape index (κ3) is 4.74. The van der Waals surface area contributed by atoms with Crippen molar-refractivity contribution in [2.45, 2.75) is 37.1 Å². The van der Waals surface area contributed by atoms with Crippen molar-refractivity contribution < 1.29 is 21.8 Å². The number of aromatic amines is 1. The number of rotatable bonds is 8. The average molecular weight is 486 g/mol. The lowest BCUT2D eigenvalue weighted by atomic mass is 9.93. The van der Waals surface area contributed by atoms with Crippen molar-refractivity contribution in [3.05, 3.63) is 64.1 Å². The topological polar surface area (TPSA) is 122 Å². The summed E-state index contributed by atoms with van der Waals surface area (Å²) < 4.78 is 33.4. The van der Waals surface area contributed by atoms with Crippen molar-refractivity contribution in [3.63, 3.8) is 0 Å². The van der Waals surface area contributed by atoms with Gasteiger partial charge in [0.1, 0.15) is 5.75 Å². The molecule has 2 aliphatic rings. The summed E-state index contributed by atoms with van der Waals surface area (Å²) in [5, 5.41) is 3.22. The van der Waals surface area contributed by atoms with E-state index in [4.69, 9.17) is 8.60 Å². The monoisotopic (exact) mass is 485 g/mol. The number of benzene rings is 2. The molecule has 5 rings (SSSR count). The van der Waals surface area contributed by atoms with Crippen LogP contribution >= 0.6 is 0 Å². The molecule has 0 bridgehead atoms. The second kappa shape index (κ2) is 8.59. The van der Waals surface area contributed by atoms with Gasteiger partial charge in [0.25, 0.3) is 0 Å². The molecule has 0 radical (unpaired) electrons. The Hall–Kier alpha value is -3.11. The standard InChI is InChI=1S/C24H27N3O6S/c1-34(30,31)33-18-6-4-5-16(13-18)20(15-27-11-2-3-12-27)25-22(28)24(9-10-24)17-7-8-21-19(14-17)26-23(29)32-21/h4-8,13-14,20H,2-3,9-12,15H2,1H3,(H,25,28)(H,26,29)/t20-/m1/s1. The molecule has 0 unspecified atom stereocenters. The van der Waals surface area contributed by atoms with E-state index in [1.807, 2.05) is 18.2 Å². The first-order valence-electron chi connectivity index (χ1n) is 11.4. The van der Waals surface area contributed by atoms with Crippen LogP contribution in [0.5, 0.6) is 5.75 Å². The van der Waals surface area contributed by atoms with E-state index in [-0.39, 0.29) is 17.7 Å². The number of H-pyrrole nitrogens is 1. The van der Waals surface area contributed by atoms with Crippen molar-refractivity contribution in [1.29, 1.82) is 0 Å². The minimum Gasteiger partial charge on any atom is -0.408 e. The van der Waals surface area contributed by atoms with Crippen molar-refractivity contribution in [3.8, 4) is 5.75 Å². The first-order chi connectivity index (χ1) is 16.2. The van der Waals surface area contributed by atoms with Crippen LogP contribution in [0.4, 0.5) is 0 Å². The zero-order valence-corrected chi connectivity index (χ0v) is 19.7. The molecular weight excluding hydrogens is 458 g/mol. The minimum atomic E-state index is -3.66. The number of nitrogens with zero attached hydrogens (tertiary/aromatic N) is 1. The third-order valence-electron chi connectivity index (χ3n) is 6.61. The Bertz CT molecular complexity index is 1380. The van der Waals surface area contributed by atoms with Gasteiger partial charge in [-0.15, -0.1) is 0 Å². The number of oxazole rings is 1. The van der Waals surface area contributed by atoms with Crippen LogP contribution < -0.4 is 15.3 Å². The lowest BCUT2D eigenvalue weighted by molar-refractivity contribution is -0.124. The Morgan fingerprint density at radius 2 is 1.97 bits per heavy atom. The number of fused-ring (bicyclic) bond motifs is 1. The largest absolute Gasteiger partial charge is 0.417 e. The normalized spacial score (nSPS) is 18.6. The highest BCUT2D eigenvalue weighted by atomic mass is 32.2. The number of nitrogens with one attached hydrogen (secondary N) is 2. The highest BCUT2D eigenvalue weighted by Gasteiger charge is 2.52. The molecule has 1 amide bonds. The summed E-state index contributed by atoms with van der Waals surface area (Å²) in [5.41, 5.74) is 1.99. The molecule has 2 heterocycles. The highest BCUT2D eigenvalue weighted by molar-refractivity contribution is 7.86. The summed E-state index contributed by atoms with van der Waals surface area (Å²) in [5.74, 6) is -0.393. The van der Waals surface area contributed by atoms with E-state index in [0.717, 1.165) is 43.3 Å². The molecule has 10 heteroatoms. The zero-order chi connectivity index (χ0) is 23.9. The molecule has 2 aromatic carbocycles. The molecule has 1 saturated heterocycles. The molecule has 2 fully saturated rings. The first-order valence-corrected chi connectivity index (χ1v) is 13.2. The van der Waals surface area contributed by atoms with Gasteiger partial charge in [-0.1, -0.05) is 18.2 Å². The van der Waals surface area contributed by atoms with Crippen LogP contribution in [0.3, 0.4) is 0 Å². The van der Waals surface area contributed by atoms with Gasteiger partial charge in [-0.05, 0) is 74.2 Å². The number of likely N-dealkylation sites (tertiary alicyclic amines) is 1. The van der Waals surface area contributed by atoms with E-state index in [2.05, 4.69) is 15.2 Å². The lowest BCUT2D eigenvalue weighted by Gasteiger charge is -2.27. The lowest BCUT2D eigenvalue weighted by Crippen LogP contribution is -2.41. The fourth-order valence-electron chi connectivity index (χ4n) is 4.73. The van der Waals surface area contributed by atoms with E-state index >= 15 is 0 Å². The smallest absolute Gasteiger partial charge is 0.408 e. The molecule has 2 N–H and O–H groups in total. The van der Waals surface area contributed by atoms with Gasteiger partial charge in [0.2, 0.25) is 5.91 Å². The number of carbonyl (C=O) groups is 1. The molecule has 1 atom stereocenters. The minimum absolute atomic E-state index is 0.0867. The van der Waals surface area contributed by atoms with Gasteiger partial charge in [0.15, 0.2) is 5.58 Å². The van der Waals surface area contributed by atoms with Crippen molar-refractivity contribution >= 4 is 27.1 Å². The van der Waals surface area contributed by atoms with E-state index < -0.39 is 21.3 Å². The van der Waals surface area contributed by atoms with Crippen LogP contribution in [0.25, 0.3) is 11.1 Å². The van der Waals surface area contributed by atoms with Crippen LogP contribution in [-0.2, 0) is 20.3 Å². The summed E-state index contributed by atoms with van der Waals surface area (Å²) in [6, 6.07) is 11.9. The van der Waals surface area contributed by atoms with Crippen LogP contribution in [0, 0.1) is 0 Å². The Kier molecular flexibility index (Phi) is 5.73. The molecule has 1 aromatic heterocycles. The summed E-state index contributed by atoms with van der Waals surface area (Å²) in [4.78, 5) is 30.1. The summed E-state index contributed by atoms with van der Waals surface area (Å²) in [6.45, 7) is 2.54. The highest BCUT2D eigenvalue weighted by Crippen LogP contribution is 2.49. The fraction of sp³-hybridized carbons (Fsp3) is 0.417. The predicted molar refractivity (Wildman–Crippen MR) is 126 cm³/mol. The maximum absolute atomic E-state index is 13.6. The summed E-state index contributed by atoms with van der Waals surface area (Å²) in [7, 11) is -3.66. The number of aromatic nitrogens is 1. The predicted octanol–water partition coefficient (Wildman–Crippen LogP) is 2.44. The summed E-state index contributed by atoms with van der Waals surface area (Å²) >= 11 is 0. The molecule has 0 spiro atoms. The van der Waals surface area contributed by atoms with Crippen LogP contribution in [0.15, 0.2) is 51.7 Å². The van der Waals surface area contributed by atoms with Gasteiger partial charge in [0.05, 0.1) is 23.2 Å². The van der Waals surface area contributed by atoms with E-state index in [0.29, 0.717) is 30.5 Å². The summed E-state index contributed by atoms with van der Waals surface area (Å²) in [6.07, 6.45) is 4.65. The van der Waals surface area contributed by atoms with Gasteiger partial charge >= 0.3 is 15.9 Å². The van der Waals surface area contributed by atoms with Crippen molar-refractivity contribution in [2.75, 3.05) is 25.9 Å². The molecule has 9 nitrogen and oxygen atoms in total. The zero-order valence-electron chi connectivity index (χ0n) is 18.9. The Morgan fingerprint density at radius 1 is 1.21 bits per heavy atom. The molecule has 1 saturated carbocycles. The fourth-order valence-corrected chi connectivity index (χ4v) is 5.19. The van der Waals surface area contributed by atoms with E-state index in [1.54, 1.807) is 24.3 Å². The number of amides is 1. The van der Waals surface area contributed by atoms with Crippen molar-refractivity contribution in [2.24, 2.45) is 0 Å². The van der Waals surface area contributed by atoms with Crippen molar-refractivity contribution in [1.82, 2.24) is 15.2 Å². The van der Waals surface area contributed by atoms with Gasteiger partial charge in [-0.3, -0.25) is 9.78 Å². The number of hydrogen-bond acceptors (Lipinski definition) is 7. The first kappa shape index (κ1) is 22.7. The molecule has 1 aliphatic carbocycles. The SMILES string of the molecule is CS(=O)(=O)Oc1cccc([C@@H](CN2CCCC2)NC(=O)C2(c3ccc4oc(=O)[nH]c4c3)CC2)c1. The maximum atomic E-state index is 13.6. The van der Waals surface area contributed by atoms with Gasteiger partial charge in [0, 0.05) is 6.54 Å². The Labute approximate surface area is 197 Å². The molecule has 1 aliphatic heterocycles.